The SMILES string of the molecule is COc1ccccc1-c1cccc(-c2cccc3c2OCO3)c1OC. The molecule has 1 heterocycles. The highest BCUT2D eigenvalue weighted by molar-refractivity contribution is 5.87. The molecule has 0 saturated heterocycles. The van der Waals surface area contributed by atoms with Crippen LogP contribution in [0.3, 0.4) is 0 Å². The third-order valence-corrected chi connectivity index (χ3v) is 4.30. The fraction of sp³-hybridized carbons (Fsp3) is 0.143. The van der Waals surface area contributed by atoms with Gasteiger partial charge in [-0.1, -0.05) is 48.5 Å². The predicted molar refractivity (Wildman–Crippen MR) is 96.5 cm³/mol. The van der Waals surface area contributed by atoms with Gasteiger partial charge < -0.3 is 18.9 Å². The van der Waals surface area contributed by atoms with Gasteiger partial charge in [-0.25, -0.2) is 0 Å². The second-order valence-electron chi connectivity index (χ2n) is 5.63. The van der Waals surface area contributed by atoms with E-state index in [0.717, 1.165) is 45.3 Å². The molecule has 25 heavy (non-hydrogen) atoms. The molecule has 1 aliphatic heterocycles. The second-order valence-corrected chi connectivity index (χ2v) is 5.63. The van der Waals surface area contributed by atoms with E-state index in [0.29, 0.717) is 0 Å². The van der Waals surface area contributed by atoms with Gasteiger partial charge in [-0.15, -0.1) is 0 Å². The van der Waals surface area contributed by atoms with Gasteiger partial charge in [-0.05, 0) is 12.1 Å². The first-order chi connectivity index (χ1) is 12.3. The fourth-order valence-electron chi connectivity index (χ4n) is 3.19. The van der Waals surface area contributed by atoms with Crippen molar-refractivity contribution in [2.75, 3.05) is 21.0 Å². The van der Waals surface area contributed by atoms with Crippen LogP contribution in [0.1, 0.15) is 0 Å². The van der Waals surface area contributed by atoms with Crippen LogP contribution < -0.4 is 18.9 Å². The minimum absolute atomic E-state index is 0.237. The highest BCUT2D eigenvalue weighted by Gasteiger charge is 2.22. The van der Waals surface area contributed by atoms with Crippen molar-refractivity contribution in [1.29, 1.82) is 0 Å². The van der Waals surface area contributed by atoms with E-state index in [1.165, 1.54) is 0 Å². The van der Waals surface area contributed by atoms with Crippen LogP contribution in [0.15, 0.2) is 60.7 Å². The van der Waals surface area contributed by atoms with Crippen molar-refractivity contribution in [3.05, 3.63) is 60.7 Å². The van der Waals surface area contributed by atoms with Crippen molar-refractivity contribution < 1.29 is 18.9 Å². The van der Waals surface area contributed by atoms with Crippen LogP contribution in [0.5, 0.6) is 23.0 Å². The summed E-state index contributed by atoms with van der Waals surface area (Å²) in [6.45, 7) is 0.237. The van der Waals surface area contributed by atoms with E-state index in [4.69, 9.17) is 18.9 Å². The maximum atomic E-state index is 5.79. The molecule has 0 unspecified atom stereocenters. The lowest BCUT2D eigenvalue weighted by molar-refractivity contribution is 0.174. The molecule has 0 amide bonds. The number of para-hydroxylation sites is 3. The van der Waals surface area contributed by atoms with E-state index in [1.54, 1.807) is 14.2 Å². The van der Waals surface area contributed by atoms with Crippen molar-refractivity contribution in [2.45, 2.75) is 0 Å². The lowest BCUT2D eigenvalue weighted by atomic mass is 9.96. The van der Waals surface area contributed by atoms with Crippen molar-refractivity contribution in [3.8, 4) is 45.3 Å². The zero-order valence-corrected chi connectivity index (χ0v) is 14.1. The van der Waals surface area contributed by atoms with Crippen molar-refractivity contribution in [1.82, 2.24) is 0 Å². The summed E-state index contributed by atoms with van der Waals surface area (Å²) in [7, 11) is 3.35. The van der Waals surface area contributed by atoms with Gasteiger partial charge in [0.15, 0.2) is 11.5 Å². The summed E-state index contributed by atoms with van der Waals surface area (Å²) in [5.74, 6) is 3.08. The first kappa shape index (κ1) is 15.4. The van der Waals surface area contributed by atoms with E-state index in [1.807, 2.05) is 60.7 Å². The molecule has 126 valence electrons. The molecule has 4 heteroatoms. The van der Waals surface area contributed by atoms with Crippen LogP contribution in [0, 0.1) is 0 Å². The average molecular weight is 334 g/mol. The Labute approximate surface area is 146 Å². The molecule has 0 saturated carbocycles. The summed E-state index contributed by atoms with van der Waals surface area (Å²) in [5.41, 5.74) is 3.85. The number of hydrogen-bond acceptors (Lipinski definition) is 4. The van der Waals surface area contributed by atoms with Gasteiger partial charge in [-0.3, -0.25) is 0 Å². The van der Waals surface area contributed by atoms with Crippen LogP contribution in [0.4, 0.5) is 0 Å². The molecular weight excluding hydrogens is 316 g/mol. The van der Waals surface area contributed by atoms with Crippen LogP contribution in [-0.4, -0.2) is 21.0 Å². The molecule has 0 bridgehead atoms. The highest BCUT2D eigenvalue weighted by Crippen LogP contribution is 2.47. The molecule has 0 N–H and O–H groups in total. The smallest absolute Gasteiger partial charge is 0.231 e. The topological polar surface area (TPSA) is 36.9 Å². The van der Waals surface area contributed by atoms with Gasteiger partial charge in [0.25, 0.3) is 0 Å². The van der Waals surface area contributed by atoms with E-state index in [2.05, 4.69) is 0 Å². The summed E-state index contributed by atoms with van der Waals surface area (Å²) in [6, 6.07) is 19.8. The molecular formula is C21H18O4. The van der Waals surface area contributed by atoms with Crippen LogP contribution >= 0.6 is 0 Å². The second kappa shape index (κ2) is 6.40. The Kier molecular flexibility index (Phi) is 3.94. The molecule has 0 aliphatic carbocycles. The molecule has 0 atom stereocenters. The summed E-state index contributed by atoms with van der Waals surface area (Å²) < 4.78 is 22.5. The van der Waals surface area contributed by atoms with Gasteiger partial charge in [0, 0.05) is 22.3 Å². The van der Waals surface area contributed by atoms with Crippen LogP contribution in [0.2, 0.25) is 0 Å². The van der Waals surface area contributed by atoms with E-state index < -0.39 is 0 Å². The average Bonchev–Trinajstić information content (AvgIpc) is 3.16. The van der Waals surface area contributed by atoms with Crippen LogP contribution in [-0.2, 0) is 0 Å². The zero-order valence-electron chi connectivity index (χ0n) is 14.1. The van der Waals surface area contributed by atoms with Crippen molar-refractivity contribution in [2.24, 2.45) is 0 Å². The minimum atomic E-state index is 0.237. The summed E-state index contributed by atoms with van der Waals surface area (Å²) in [4.78, 5) is 0. The van der Waals surface area contributed by atoms with Gasteiger partial charge >= 0.3 is 0 Å². The van der Waals surface area contributed by atoms with Gasteiger partial charge in [0.1, 0.15) is 11.5 Å². The lowest BCUT2D eigenvalue weighted by Crippen LogP contribution is -1.96. The Bertz CT molecular complexity index is 918. The Morgan fingerprint density at radius 2 is 1.36 bits per heavy atom. The first-order valence-electron chi connectivity index (χ1n) is 8.03. The third-order valence-electron chi connectivity index (χ3n) is 4.30. The Hall–Kier alpha value is -3.14. The minimum Gasteiger partial charge on any atom is -0.496 e. The number of benzene rings is 3. The molecule has 0 aromatic heterocycles. The normalized spacial score (nSPS) is 12.1. The molecule has 0 radical (unpaired) electrons. The van der Waals surface area contributed by atoms with E-state index in [-0.39, 0.29) is 6.79 Å². The van der Waals surface area contributed by atoms with Gasteiger partial charge in [-0.2, -0.15) is 0 Å². The largest absolute Gasteiger partial charge is 0.496 e. The maximum absolute atomic E-state index is 5.79. The van der Waals surface area contributed by atoms with Gasteiger partial charge in [0.05, 0.1) is 14.2 Å². The summed E-state index contributed by atoms with van der Waals surface area (Å²) in [6.07, 6.45) is 0. The monoisotopic (exact) mass is 334 g/mol. The van der Waals surface area contributed by atoms with Crippen molar-refractivity contribution in [3.63, 3.8) is 0 Å². The number of methoxy groups -OCH3 is 2. The summed E-state index contributed by atoms with van der Waals surface area (Å²) >= 11 is 0. The molecule has 0 spiro atoms. The Morgan fingerprint density at radius 3 is 2.16 bits per heavy atom. The van der Waals surface area contributed by atoms with Crippen molar-refractivity contribution >= 4 is 0 Å². The predicted octanol–water partition coefficient (Wildman–Crippen LogP) is 4.77. The highest BCUT2D eigenvalue weighted by atomic mass is 16.7. The molecule has 3 aromatic carbocycles. The maximum Gasteiger partial charge on any atom is 0.231 e. The zero-order chi connectivity index (χ0) is 17.2. The summed E-state index contributed by atoms with van der Waals surface area (Å²) in [5, 5.41) is 0. The number of fused-ring (bicyclic) bond motifs is 1. The molecule has 0 fully saturated rings. The fourth-order valence-corrected chi connectivity index (χ4v) is 3.19. The standard InChI is InChI=1S/C21H18O4/c1-22-18-11-4-3-7-14(18)15-8-5-9-16(20(15)23-2)17-10-6-12-19-21(17)25-13-24-19/h3-12H,13H2,1-2H3. The Balaban J connectivity index is 1.93. The number of ether oxygens (including phenoxy) is 4. The van der Waals surface area contributed by atoms with Gasteiger partial charge in [0.2, 0.25) is 6.79 Å². The lowest BCUT2D eigenvalue weighted by Gasteiger charge is -2.16. The molecule has 3 aromatic rings. The molecule has 4 rings (SSSR count). The third kappa shape index (κ3) is 2.56. The molecule has 1 aliphatic rings. The number of rotatable bonds is 4. The first-order valence-corrected chi connectivity index (χ1v) is 8.03. The van der Waals surface area contributed by atoms with E-state index in [9.17, 15) is 0 Å². The Morgan fingerprint density at radius 1 is 0.680 bits per heavy atom. The quantitative estimate of drug-likeness (QED) is 0.689. The molecule has 4 nitrogen and oxygen atoms in total. The van der Waals surface area contributed by atoms with E-state index >= 15 is 0 Å². The number of hydrogen-bond donors (Lipinski definition) is 0. The van der Waals surface area contributed by atoms with Crippen LogP contribution in [0.25, 0.3) is 22.3 Å².